The van der Waals surface area contributed by atoms with E-state index < -0.39 is 0 Å². The molecule has 1 aliphatic carbocycles. The normalized spacial score (nSPS) is 32.9. The second kappa shape index (κ2) is 8.37. The maximum absolute atomic E-state index is 14.1. The van der Waals surface area contributed by atoms with E-state index in [1.165, 1.54) is 19.3 Å². The number of hydrogen-bond donors (Lipinski definition) is 2. The highest BCUT2D eigenvalue weighted by Gasteiger charge is 2.36. The first-order valence-corrected chi connectivity index (χ1v) is 9.80. The van der Waals surface area contributed by atoms with Crippen molar-refractivity contribution < 1.29 is 9.13 Å². The molecule has 2 fully saturated rings. The smallest absolute Gasteiger partial charge is 0.137 e. The number of benzene rings is 1. The predicted octanol–water partition coefficient (Wildman–Crippen LogP) is 3.53. The lowest BCUT2D eigenvalue weighted by Gasteiger charge is -2.36. The molecule has 0 spiro atoms. The van der Waals surface area contributed by atoms with Crippen molar-refractivity contribution in [1.29, 1.82) is 0 Å². The molecule has 0 bridgehead atoms. The van der Waals surface area contributed by atoms with Crippen LogP contribution < -0.4 is 10.6 Å². The van der Waals surface area contributed by atoms with Crippen molar-refractivity contribution in [2.45, 2.75) is 48.7 Å². The Hall–Kier alpha value is -0.330. The van der Waals surface area contributed by atoms with Crippen LogP contribution in [0.5, 0.6) is 0 Å². The van der Waals surface area contributed by atoms with Gasteiger partial charge in [0.15, 0.2) is 0 Å². The molecule has 4 rings (SSSR count). The highest BCUT2D eigenvalue weighted by Crippen LogP contribution is 2.39. The zero-order valence-electron chi connectivity index (χ0n) is 13.8. The SMILES string of the molecule is Cl.Fc1cccc2c1SCCC2NC1CCCC1C1COCCN1. The van der Waals surface area contributed by atoms with E-state index in [0.717, 1.165) is 42.4 Å². The number of ether oxygens (including phenoxy) is 1. The minimum Gasteiger partial charge on any atom is -0.379 e. The molecule has 134 valence electrons. The van der Waals surface area contributed by atoms with Crippen molar-refractivity contribution >= 4 is 24.2 Å². The van der Waals surface area contributed by atoms with Crippen LogP contribution in [0.25, 0.3) is 0 Å². The Balaban J connectivity index is 0.00000169. The molecule has 0 amide bonds. The van der Waals surface area contributed by atoms with Crippen molar-refractivity contribution in [2.75, 3.05) is 25.5 Å². The summed E-state index contributed by atoms with van der Waals surface area (Å²) >= 11 is 1.66. The van der Waals surface area contributed by atoms with Gasteiger partial charge in [-0.25, -0.2) is 4.39 Å². The van der Waals surface area contributed by atoms with Crippen LogP contribution in [-0.2, 0) is 4.74 Å². The predicted molar refractivity (Wildman–Crippen MR) is 98.6 cm³/mol. The van der Waals surface area contributed by atoms with Crippen LogP contribution >= 0.6 is 24.2 Å². The molecule has 2 N–H and O–H groups in total. The van der Waals surface area contributed by atoms with E-state index in [4.69, 9.17) is 4.74 Å². The molecule has 4 unspecified atom stereocenters. The molecule has 24 heavy (non-hydrogen) atoms. The van der Waals surface area contributed by atoms with Gasteiger partial charge in [-0.3, -0.25) is 0 Å². The summed E-state index contributed by atoms with van der Waals surface area (Å²) in [4.78, 5) is 0.852. The summed E-state index contributed by atoms with van der Waals surface area (Å²) in [5, 5.41) is 7.50. The average molecular weight is 373 g/mol. The topological polar surface area (TPSA) is 33.3 Å². The maximum atomic E-state index is 14.1. The Kier molecular flexibility index (Phi) is 6.44. The van der Waals surface area contributed by atoms with Crippen molar-refractivity contribution in [3.05, 3.63) is 29.6 Å². The summed E-state index contributed by atoms with van der Waals surface area (Å²) in [7, 11) is 0. The van der Waals surface area contributed by atoms with Crippen LogP contribution in [0, 0.1) is 11.7 Å². The van der Waals surface area contributed by atoms with Crippen LogP contribution in [0.15, 0.2) is 23.1 Å². The molecule has 0 radical (unpaired) electrons. The van der Waals surface area contributed by atoms with Gasteiger partial charge in [0.05, 0.1) is 13.2 Å². The molecule has 2 aliphatic heterocycles. The second-order valence-electron chi connectivity index (χ2n) is 6.85. The van der Waals surface area contributed by atoms with E-state index in [0.29, 0.717) is 18.0 Å². The number of rotatable bonds is 3. The monoisotopic (exact) mass is 372 g/mol. The summed E-state index contributed by atoms with van der Waals surface area (Å²) in [5.41, 5.74) is 1.15. The molecule has 4 atom stereocenters. The molecule has 3 aliphatic rings. The van der Waals surface area contributed by atoms with E-state index in [9.17, 15) is 4.39 Å². The third-order valence-electron chi connectivity index (χ3n) is 5.48. The Bertz CT molecular complexity index is 556. The Morgan fingerprint density at radius 2 is 2.17 bits per heavy atom. The summed E-state index contributed by atoms with van der Waals surface area (Å²) in [6.45, 7) is 2.62. The van der Waals surface area contributed by atoms with E-state index in [1.54, 1.807) is 17.8 Å². The molecule has 2 heterocycles. The molecule has 6 heteroatoms. The fraction of sp³-hybridized carbons (Fsp3) is 0.667. The molecule has 1 saturated carbocycles. The van der Waals surface area contributed by atoms with Crippen molar-refractivity contribution in [2.24, 2.45) is 5.92 Å². The molecular formula is C18H26ClFN2OS. The molecule has 1 saturated heterocycles. The van der Waals surface area contributed by atoms with Gasteiger partial charge >= 0.3 is 0 Å². The van der Waals surface area contributed by atoms with Crippen molar-refractivity contribution in [3.8, 4) is 0 Å². The zero-order chi connectivity index (χ0) is 15.6. The lowest BCUT2D eigenvalue weighted by molar-refractivity contribution is 0.0516. The van der Waals surface area contributed by atoms with Crippen molar-refractivity contribution in [3.63, 3.8) is 0 Å². The molecule has 0 aromatic heterocycles. The second-order valence-corrected chi connectivity index (χ2v) is 7.96. The van der Waals surface area contributed by atoms with Crippen LogP contribution in [0.3, 0.4) is 0 Å². The third-order valence-corrected chi connectivity index (χ3v) is 6.64. The minimum absolute atomic E-state index is 0. The van der Waals surface area contributed by atoms with Gasteiger partial charge in [0.25, 0.3) is 0 Å². The fourth-order valence-electron chi connectivity index (χ4n) is 4.36. The average Bonchev–Trinajstić information content (AvgIpc) is 3.05. The summed E-state index contributed by atoms with van der Waals surface area (Å²) in [6.07, 6.45) is 4.84. The number of morpholine rings is 1. The fourth-order valence-corrected chi connectivity index (χ4v) is 5.50. The Morgan fingerprint density at radius 1 is 1.25 bits per heavy atom. The first-order valence-electron chi connectivity index (χ1n) is 8.81. The quantitative estimate of drug-likeness (QED) is 0.850. The summed E-state index contributed by atoms with van der Waals surface area (Å²) in [5.74, 6) is 1.56. The number of nitrogens with one attached hydrogen (secondary N) is 2. The van der Waals surface area contributed by atoms with E-state index in [-0.39, 0.29) is 24.3 Å². The number of halogens is 2. The van der Waals surface area contributed by atoms with Gasteiger partial charge in [0.2, 0.25) is 0 Å². The van der Waals surface area contributed by atoms with Gasteiger partial charge in [-0.05, 0) is 42.6 Å². The van der Waals surface area contributed by atoms with Gasteiger partial charge in [0.1, 0.15) is 5.82 Å². The van der Waals surface area contributed by atoms with Crippen LogP contribution in [-0.4, -0.2) is 37.6 Å². The maximum Gasteiger partial charge on any atom is 0.137 e. The first kappa shape index (κ1) is 18.5. The minimum atomic E-state index is -0.0654. The van der Waals surface area contributed by atoms with E-state index >= 15 is 0 Å². The van der Waals surface area contributed by atoms with E-state index in [2.05, 4.69) is 16.7 Å². The standard InChI is InChI=1S/C18H25FN2OS.ClH/c19-14-5-1-4-13-16(7-10-23-18(13)14)21-15-6-2-3-12(15)17-11-22-9-8-20-17;/h1,4-5,12,15-17,20-21H,2-3,6-11H2;1H. The van der Waals surface area contributed by atoms with Gasteiger partial charge in [-0.1, -0.05) is 18.6 Å². The Labute approximate surface area is 153 Å². The number of hydrogen-bond acceptors (Lipinski definition) is 4. The lowest BCUT2D eigenvalue weighted by Crippen LogP contribution is -2.51. The van der Waals surface area contributed by atoms with E-state index in [1.807, 2.05) is 6.07 Å². The molecule has 3 nitrogen and oxygen atoms in total. The highest BCUT2D eigenvalue weighted by molar-refractivity contribution is 7.99. The highest BCUT2D eigenvalue weighted by atomic mass is 35.5. The Morgan fingerprint density at radius 3 is 3.00 bits per heavy atom. The zero-order valence-corrected chi connectivity index (χ0v) is 15.4. The van der Waals surface area contributed by atoms with Crippen LogP contribution in [0.2, 0.25) is 0 Å². The third kappa shape index (κ3) is 3.75. The summed E-state index contributed by atoms with van der Waals surface area (Å²) < 4.78 is 19.7. The van der Waals surface area contributed by atoms with Gasteiger partial charge < -0.3 is 15.4 Å². The van der Waals surface area contributed by atoms with Crippen molar-refractivity contribution in [1.82, 2.24) is 10.6 Å². The number of fused-ring (bicyclic) bond motifs is 1. The van der Waals surface area contributed by atoms with Gasteiger partial charge in [-0.15, -0.1) is 24.2 Å². The first-order chi connectivity index (χ1) is 11.3. The van der Waals surface area contributed by atoms with Crippen LogP contribution in [0.1, 0.15) is 37.3 Å². The molecule has 1 aromatic rings. The number of thioether (sulfide) groups is 1. The largest absolute Gasteiger partial charge is 0.379 e. The summed E-state index contributed by atoms with van der Waals surface area (Å²) in [6, 6.07) is 6.78. The lowest BCUT2D eigenvalue weighted by atomic mass is 9.92. The van der Waals surface area contributed by atoms with Gasteiger partial charge in [-0.2, -0.15) is 0 Å². The van der Waals surface area contributed by atoms with Crippen LogP contribution in [0.4, 0.5) is 4.39 Å². The van der Waals surface area contributed by atoms with Gasteiger partial charge in [0, 0.05) is 29.6 Å². The molecule has 1 aromatic carbocycles. The molecular weight excluding hydrogens is 347 g/mol.